The van der Waals surface area contributed by atoms with Crippen molar-refractivity contribution in [3.63, 3.8) is 0 Å². The second-order valence-corrected chi connectivity index (χ2v) is 7.48. The molecule has 0 aliphatic carbocycles. The van der Waals surface area contributed by atoms with Crippen molar-refractivity contribution >= 4 is 62.2 Å². The molecule has 0 fully saturated rings. The highest BCUT2D eigenvalue weighted by molar-refractivity contribution is 7.18. The Morgan fingerprint density at radius 1 is 1.24 bits per heavy atom. The van der Waals surface area contributed by atoms with Gasteiger partial charge in [-0.15, -0.1) is 11.3 Å². The summed E-state index contributed by atoms with van der Waals surface area (Å²) >= 11 is 13.6. The van der Waals surface area contributed by atoms with Gasteiger partial charge in [0.2, 0.25) is 0 Å². The van der Waals surface area contributed by atoms with E-state index in [2.05, 4.69) is 15.3 Å². The van der Waals surface area contributed by atoms with Crippen molar-refractivity contribution in [1.82, 2.24) is 9.97 Å². The molecule has 0 spiro atoms. The van der Waals surface area contributed by atoms with Gasteiger partial charge in [-0.05, 0) is 37.6 Å². The summed E-state index contributed by atoms with van der Waals surface area (Å²) < 4.78 is 4.71. The second-order valence-electron chi connectivity index (χ2n) is 5.46. The van der Waals surface area contributed by atoms with Crippen molar-refractivity contribution in [3.05, 3.63) is 44.5 Å². The van der Waals surface area contributed by atoms with Crippen LogP contribution in [-0.2, 0) is 16.0 Å². The van der Waals surface area contributed by atoms with E-state index >= 15 is 0 Å². The molecule has 0 aliphatic rings. The van der Waals surface area contributed by atoms with Crippen molar-refractivity contribution < 1.29 is 9.53 Å². The molecule has 0 atom stereocenters. The van der Waals surface area contributed by atoms with E-state index in [-0.39, 0.29) is 12.4 Å². The normalized spacial score (nSPS) is 10.9. The van der Waals surface area contributed by atoms with Gasteiger partial charge in [0.25, 0.3) is 0 Å². The molecule has 2 aromatic heterocycles. The molecule has 0 aliphatic heterocycles. The maximum Gasteiger partial charge on any atom is 0.313 e. The molecule has 1 N–H and O–H groups in total. The number of benzene rings is 1. The van der Waals surface area contributed by atoms with Gasteiger partial charge < -0.3 is 10.1 Å². The van der Waals surface area contributed by atoms with E-state index in [0.29, 0.717) is 21.7 Å². The summed E-state index contributed by atoms with van der Waals surface area (Å²) in [5.74, 6) is 0.650. The first-order chi connectivity index (χ1) is 11.9. The molecule has 2 heterocycles. The highest BCUT2D eigenvalue weighted by Crippen LogP contribution is 2.35. The number of esters is 1. The van der Waals surface area contributed by atoms with Gasteiger partial charge in [-0.1, -0.05) is 23.2 Å². The lowest BCUT2D eigenvalue weighted by Gasteiger charge is -2.10. The lowest BCUT2D eigenvalue weighted by molar-refractivity contribution is -0.139. The Kier molecular flexibility index (Phi) is 5.13. The van der Waals surface area contributed by atoms with Gasteiger partial charge in [0.05, 0.1) is 22.5 Å². The number of halogens is 2. The van der Waals surface area contributed by atoms with Crippen molar-refractivity contribution in [2.24, 2.45) is 0 Å². The van der Waals surface area contributed by atoms with Crippen molar-refractivity contribution in [2.75, 3.05) is 12.4 Å². The lowest BCUT2D eigenvalue weighted by atomic mass is 10.2. The molecule has 0 saturated heterocycles. The van der Waals surface area contributed by atoms with Gasteiger partial charge in [0.15, 0.2) is 0 Å². The summed E-state index contributed by atoms with van der Waals surface area (Å²) in [5, 5.41) is 5.12. The van der Waals surface area contributed by atoms with Crippen LogP contribution >= 0.6 is 34.5 Å². The zero-order valence-electron chi connectivity index (χ0n) is 13.8. The molecule has 0 amide bonds. The summed E-state index contributed by atoms with van der Waals surface area (Å²) in [6.07, 6.45) is 0.0124. The number of thiophene rings is 1. The first kappa shape index (κ1) is 17.9. The van der Waals surface area contributed by atoms with Crippen LogP contribution in [0.1, 0.15) is 16.3 Å². The number of hydrogen-bond acceptors (Lipinski definition) is 6. The standard InChI is InChI=1S/C17H15Cl2N3O2S/c1-8-9(2)25-17-15(8)16(21-13(22-17)7-14(23)24-3)20-10-4-5-11(18)12(19)6-10/h4-6H,7H2,1-3H3,(H,20,21,22). The Hall–Kier alpha value is -1.89. The highest BCUT2D eigenvalue weighted by atomic mass is 35.5. The summed E-state index contributed by atoms with van der Waals surface area (Å²) in [7, 11) is 1.34. The fraction of sp³-hybridized carbons (Fsp3) is 0.235. The number of aromatic nitrogens is 2. The van der Waals surface area contributed by atoms with Gasteiger partial charge in [-0.25, -0.2) is 9.97 Å². The summed E-state index contributed by atoms with van der Waals surface area (Å²) in [4.78, 5) is 22.6. The van der Waals surface area contributed by atoms with Gasteiger partial charge in [0.1, 0.15) is 22.9 Å². The predicted octanol–water partition coefficient (Wildman–Crippen LogP) is 5.07. The second kappa shape index (κ2) is 7.15. The third-order valence-corrected chi connectivity index (χ3v) is 5.63. The number of anilines is 2. The molecule has 8 heteroatoms. The van der Waals surface area contributed by atoms with Crippen LogP contribution in [0.2, 0.25) is 10.0 Å². The van der Waals surface area contributed by atoms with Crippen molar-refractivity contribution in [3.8, 4) is 0 Å². The Balaban J connectivity index is 2.09. The van der Waals surface area contributed by atoms with Gasteiger partial charge >= 0.3 is 5.97 Å². The summed E-state index contributed by atoms with van der Waals surface area (Å²) in [6, 6.07) is 5.26. The number of fused-ring (bicyclic) bond motifs is 1. The Morgan fingerprint density at radius 3 is 2.68 bits per heavy atom. The largest absolute Gasteiger partial charge is 0.469 e. The SMILES string of the molecule is COC(=O)Cc1nc(Nc2ccc(Cl)c(Cl)c2)c2c(C)c(C)sc2n1. The summed E-state index contributed by atoms with van der Waals surface area (Å²) in [5.41, 5.74) is 1.86. The predicted molar refractivity (Wildman–Crippen MR) is 102 cm³/mol. The molecule has 0 bridgehead atoms. The van der Waals surface area contributed by atoms with Crippen LogP contribution in [0.3, 0.4) is 0 Å². The molecule has 3 aromatic rings. The fourth-order valence-corrected chi connectivity index (χ4v) is 3.72. The van der Waals surface area contributed by atoms with Crippen LogP contribution in [0, 0.1) is 13.8 Å². The molecular formula is C17H15Cl2N3O2S. The first-order valence-corrected chi connectivity index (χ1v) is 9.01. The van der Waals surface area contributed by atoms with Crippen molar-refractivity contribution in [1.29, 1.82) is 0 Å². The van der Waals surface area contributed by atoms with Crippen molar-refractivity contribution in [2.45, 2.75) is 20.3 Å². The Bertz CT molecular complexity index is 972. The zero-order valence-corrected chi connectivity index (χ0v) is 16.1. The number of aryl methyl sites for hydroxylation is 2. The van der Waals surface area contributed by atoms with Gasteiger partial charge in [-0.2, -0.15) is 0 Å². The zero-order chi connectivity index (χ0) is 18.1. The topological polar surface area (TPSA) is 64.1 Å². The molecule has 130 valence electrons. The number of rotatable bonds is 4. The minimum absolute atomic E-state index is 0.0124. The molecule has 0 unspecified atom stereocenters. The minimum Gasteiger partial charge on any atom is -0.469 e. The number of carbonyl (C=O) groups is 1. The van der Waals surface area contributed by atoms with E-state index < -0.39 is 0 Å². The number of nitrogens with one attached hydrogen (secondary N) is 1. The third kappa shape index (κ3) is 3.71. The van der Waals surface area contributed by atoms with E-state index in [9.17, 15) is 4.79 Å². The summed E-state index contributed by atoms with van der Waals surface area (Å²) in [6.45, 7) is 4.06. The van der Waals surface area contributed by atoms with Crippen LogP contribution < -0.4 is 5.32 Å². The highest BCUT2D eigenvalue weighted by Gasteiger charge is 2.17. The maximum absolute atomic E-state index is 11.6. The number of carbonyl (C=O) groups excluding carboxylic acids is 1. The quantitative estimate of drug-likeness (QED) is 0.624. The first-order valence-electron chi connectivity index (χ1n) is 7.44. The number of methoxy groups -OCH3 is 1. The van der Waals surface area contributed by atoms with Gasteiger partial charge in [-0.3, -0.25) is 4.79 Å². The van der Waals surface area contributed by atoms with E-state index in [0.717, 1.165) is 26.3 Å². The molecule has 0 radical (unpaired) electrons. The number of ether oxygens (including phenoxy) is 1. The minimum atomic E-state index is -0.384. The van der Waals surface area contributed by atoms with Crippen LogP contribution in [0.15, 0.2) is 18.2 Å². The number of nitrogens with zero attached hydrogens (tertiary/aromatic N) is 2. The monoisotopic (exact) mass is 395 g/mol. The number of hydrogen-bond donors (Lipinski definition) is 1. The average Bonchev–Trinajstić information content (AvgIpc) is 2.85. The van der Waals surface area contributed by atoms with Crippen LogP contribution in [0.5, 0.6) is 0 Å². The molecule has 1 aromatic carbocycles. The molecule has 5 nitrogen and oxygen atoms in total. The third-order valence-electron chi connectivity index (χ3n) is 3.79. The van der Waals surface area contributed by atoms with E-state index in [4.69, 9.17) is 27.9 Å². The van der Waals surface area contributed by atoms with Crippen LogP contribution in [-0.4, -0.2) is 23.0 Å². The smallest absolute Gasteiger partial charge is 0.313 e. The Labute approximate surface area is 159 Å². The molecule has 3 rings (SSSR count). The maximum atomic E-state index is 11.6. The molecule has 25 heavy (non-hydrogen) atoms. The van der Waals surface area contributed by atoms with E-state index in [1.807, 2.05) is 19.9 Å². The Morgan fingerprint density at radius 2 is 2.00 bits per heavy atom. The average molecular weight is 396 g/mol. The fourth-order valence-electron chi connectivity index (χ4n) is 2.38. The van der Waals surface area contributed by atoms with E-state index in [1.54, 1.807) is 23.5 Å². The van der Waals surface area contributed by atoms with Crippen LogP contribution in [0.25, 0.3) is 10.2 Å². The van der Waals surface area contributed by atoms with Crippen LogP contribution in [0.4, 0.5) is 11.5 Å². The van der Waals surface area contributed by atoms with E-state index in [1.165, 1.54) is 7.11 Å². The molecular weight excluding hydrogens is 381 g/mol. The van der Waals surface area contributed by atoms with Gasteiger partial charge in [0, 0.05) is 10.6 Å². The lowest BCUT2D eigenvalue weighted by Crippen LogP contribution is -2.09. The molecule has 0 saturated carbocycles.